The number of nitrogens with zero attached hydrogens (tertiary/aromatic N) is 1. The lowest BCUT2D eigenvalue weighted by atomic mass is 10.1. The Morgan fingerprint density at radius 1 is 1.55 bits per heavy atom. The van der Waals surface area contributed by atoms with Gasteiger partial charge in [-0.3, -0.25) is 4.79 Å². The van der Waals surface area contributed by atoms with Crippen molar-refractivity contribution in [1.82, 2.24) is 4.90 Å². The molecule has 1 aliphatic rings. The van der Waals surface area contributed by atoms with E-state index in [9.17, 15) is 9.18 Å². The maximum atomic E-state index is 13.0. The summed E-state index contributed by atoms with van der Waals surface area (Å²) in [6.07, 6.45) is 4.78. The van der Waals surface area contributed by atoms with Gasteiger partial charge in [-0.25, -0.2) is 4.39 Å². The van der Waals surface area contributed by atoms with Gasteiger partial charge in [-0.1, -0.05) is 17.7 Å². The van der Waals surface area contributed by atoms with Crippen LogP contribution >= 0.6 is 11.6 Å². The topological polar surface area (TPSA) is 40.5 Å². The number of carbonyl (C=O) groups is 1. The van der Waals surface area contributed by atoms with Crippen molar-refractivity contribution in [1.29, 1.82) is 0 Å². The third-order valence-corrected chi connectivity index (χ3v) is 3.79. The molecule has 3 nitrogen and oxygen atoms in total. The molecule has 0 bridgehead atoms. The van der Waals surface area contributed by atoms with Crippen LogP contribution in [-0.2, 0) is 4.79 Å². The number of aliphatic hydroxyl groups excluding tert-OH is 1. The van der Waals surface area contributed by atoms with Crippen molar-refractivity contribution >= 4 is 23.6 Å². The van der Waals surface area contributed by atoms with E-state index in [0.717, 1.165) is 19.4 Å². The molecule has 1 aromatic carbocycles. The van der Waals surface area contributed by atoms with Gasteiger partial charge in [0.05, 0.1) is 5.02 Å². The van der Waals surface area contributed by atoms with Crippen LogP contribution in [0, 0.1) is 11.7 Å². The first-order valence-electron chi connectivity index (χ1n) is 6.63. The van der Waals surface area contributed by atoms with Crippen molar-refractivity contribution in [3.8, 4) is 0 Å². The highest BCUT2D eigenvalue weighted by atomic mass is 35.5. The minimum atomic E-state index is -0.471. The molecular weight excluding hydrogens is 281 g/mol. The molecule has 0 aliphatic carbocycles. The maximum absolute atomic E-state index is 13.0. The van der Waals surface area contributed by atoms with Crippen molar-refractivity contribution in [3.05, 3.63) is 40.7 Å². The number of hydrogen-bond acceptors (Lipinski definition) is 2. The fraction of sp³-hybridized carbons (Fsp3) is 0.400. The summed E-state index contributed by atoms with van der Waals surface area (Å²) in [7, 11) is 0. The number of halogens is 2. The van der Waals surface area contributed by atoms with Gasteiger partial charge in [0.25, 0.3) is 0 Å². The van der Waals surface area contributed by atoms with E-state index in [1.54, 1.807) is 17.0 Å². The van der Waals surface area contributed by atoms with Crippen LogP contribution in [0.15, 0.2) is 24.3 Å². The Bertz CT molecular complexity index is 519. The first-order chi connectivity index (χ1) is 9.60. The first-order valence-corrected chi connectivity index (χ1v) is 7.01. The molecular formula is C15H17ClFNO2. The van der Waals surface area contributed by atoms with Gasteiger partial charge < -0.3 is 10.0 Å². The van der Waals surface area contributed by atoms with Crippen LogP contribution in [-0.4, -0.2) is 35.6 Å². The van der Waals surface area contributed by atoms with Gasteiger partial charge in [-0.2, -0.15) is 0 Å². The molecule has 1 saturated heterocycles. The molecule has 1 aromatic rings. The Balaban J connectivity index is 1.94. The molecule has 1 atom stereocenters. The zero-order valence-corrected chi connectivity index (χ0v) is 11.8. The van der Waals surface area contributed by atoms with Crippen LogP contribution < -0.4 is 0 Å². The Hall–Kier alpha value is -1.39. The molecule has 1 amide bonds. The van der Waals surface area contributed by atoms with E-state index in [1.807, 2.05) is 0 Å². The van der Waals surface area contributed by atoms with Crippen LogP contribution in [0.4, 0.5) is 4.39 Å². The Morgan fingerprint density at radius 3 is 3.05 bits per heavy atom. The average Bonchev–Trinajstić information content (AvgIpc) is 2.89. The summed E-state index contributed by atoms with van der Waals surface area (Å²) in [5.41, 5.74) is 0.691. The van der Waals surface area contributed by atoms with E-state index in [1.165, 1.54) is 18.2 Å². The second-order valence-electron chi connectivity index (χ2n) is 4.96. The predicted molar refractivity (Wildman–Crippen MR) is 76.8 cm³/mol. The van der Waals surface area contributed by atoms with E-state index < -0.39 is 5.82 Å². The number of rotatable bonds is 4. The van der Waals surface area contributed by atoms with Gasteiger partial charge in [0.1, 0.15) is 5.82 Å². The van der Waals surface area contributed by atoms with Gasteiger partial charge in [-0.05, 0) is 42.5 Å². The third-order valence-electron chi connectivity index (χ3n) is 3.50. The number of benzene rings is 1. The second-order valence-corrected chi connectivity index (χ2v) is 5.37. The molecule has 5 heteroatoms. The summed E-state index contributed by atoms with van der Waals surface area (Å²) >= 11 is 5.68. The highest BCUT2D eigenvalue weighted by molar-refractivity contribution is 6.30. The summed E-state index contributed by atoms with van der Waals surface area (Å²) in [6.45, 7) is 1.57. The summed E-state index contributed by atoms with van der Waals surface area (Å²) in [4.78, 5) is 13.8. The largest absolute Gasteiger partial charge is 0.396 e. The van der Waals surface area contributed by atoms with Crippen LogP contribution in [0.2, 0.25) is 5.02 Å². The number of carbonyl (C=O) groups excluding carboxylic acids is 1. The van der Waals surface area contributed by atoms with Gasteiger partial charge in [-0.15, -0.1) is 0 Å². The normalized spacial score (nSPS) is 18.9. The summed E-state index contributed by atoms with van der Waals surface area (Å²) in [5.74, 6) is -0.148. The maximum Gasteiger partial charge on any atom is 0.246 e. The van der Waals surface area contributed by atoms with Crippen LogP contribution in [0.3, 0.4) is 0 Å². The van der Waals surface area contributed by atoms with Crippen molar-refractivity contribution in [2.45, 2.75) is 12.8 Å². The quantitative estimate of drug-likeness (QED) is 0.868. The van der Waals surface area contributed by atoms with Gasteiger partial charge in [0.2, 0.25) is 5.91 Å². The van der Waals surface area contributed by atoms with E-state index in [0.29, 0.717) is 18.0 Å². The summed E-state index contributed by atoms with van der Waals surface area (Å²) in [5, 5.41) is 8.94. The van der Waals surface area contributed by atoms with Crippen molar-refractivity contribution in [2.75, 3.05) is 19.7 Å². The lowest BCUT2D eigenvalue weighted by Gasteiger charge is -2.13. The third kappa shape index (κ3) is 3.81. The standard InChI is InChI=1S/C15H17ClFNO2/c16-13-9-11(1-3-14(13)17)2-4-15(20)18-7-5-12(10-18)6-8-19/h1-4,9,12,19H,5-8,10H2/b4-2+. The number of aliphatic hydroxyl groups is 1. The molecule has 2 rings (SSSR count). The SMILES string of the molecule is O=C(/C=C/c1ccc(F)c(Cl)c1)N1CCC(CCO)C1. The van der Waals surface area contributed by atoms with Crippen molar-refractivity contribution in [3.63, 3.8) is 0 Å². The van der Waals surface area contributed by atoms with Gasteiger partial charge in [0.15, 0.2) is 0 Å². The van der Waals surface area contributed by atoms with Gasteiger partial charge in [0, 0.05) is 25.8 Å². The molecule has 108 valence electrons. The molecule has 0 radical (unpaired) electrons. The minimum Gasteiger partial charge on any atom is -0.396 e. The number of amides is 1. The number of hydrogen-bond donors (Lipinski definition) is 1. The molecule has 0 aromatic heterocycles. The van der Waals surface area contributed by atoms with Crippen LogP contribution in [0.1, 0.15) is 18.4 Å². The first kappa shape index (κ1) is 15.0. The molecule has 1 fully saturated rings. The molecule has 0 spiro atoms. The van der Waals surface area contributed by atoms with Crippen molar-refractivity contribution < 1.29 is 14.3 Å². The molecule has 20 heavy (non-hydrogen) atoms. The second kappa shape index (κ2) is 6.86. The Kier molecular flexibility index (Phi) is 5.15. The fourth-order valence-corrected chi connectivity index (χ4v) is 2.53. The van der Waals surface area contributed by atoms with E-state index >= 15 is 0 Å². The zero-order valence-electron chi connectivity index (χ0n) is 11.1. The lowest BCUT2D eigenvalue weighted by molar-refractivity contribution is -0.125. The summed E-state index contributed by atoms with van der Waals surface area (Å²) < 4.78 is 13.0. The molecule has 1 aliphatic heterocycles. The summed E-state index contributed by atoms with van der Waals surface area (Å²) in [6, 6.07) is 4.34. The van der Waals surface area contributed by atoms with Crippen molar-refractivity contribution in [2.24, 2.45) is 5.92 Å². The molecule has 1 heterocycles. The highest BCUT2D eigenvalue weighted by Gasteiger charge is 2.24. The zero-order chi connectivity index (χ0) is 14.5. The average molecular weight is 298 g/mol. The lowest BCUT2D eigenvalue weighted by Crippen LogP contribution is -2.26. The molecule has 1 unspecified atom stereocenters. The van der Waals surface area contributed by atoms with E-state index in [2.05, 4.69) is 0 Å². The van der Waals surface area contributed by atoms with Gasteiger partial charge >= 0.3 is 0 Å². The molecule has 1 N–H and O–H groups in total. The smallest absolute Gasteiger partial charge is 0.246 e. The monoisotopic (exact) mass is 297 g/mol. The van der Waals surface area contributed by atoms with E-state index in [-0.39, 0.29) is 17.5 Å². The minimum absolute atomic E-state index is 0.0452. The van der Waals surface area contributed by atoms with Crippen LogP contribution in [0.5, 0.6) is 0 Å². The van der Waals surface area contributed by atoms with Crippen LogP contribution in [0.25, 0.3) is 6.08 Å². The fourth-order valence-electron chi connectivity index (χ4n) is 2.34. The number of likely N-dealkylation sites (tertiary alicyclic amines) is 1. The highest BCUT2D eigenvalue weighted by Crippen LogP contribution is 2.20. The predicted octanol–water partition coefficient (Wildman–Crippen LogP) is 2.72. The van der Waals surface area contributed by atoms with E-state index in [4.69, 9.17) is 16.7 Å². The molecule has 0 saturated carbocycles. The Morgan fingerprint density at radius 2 is 2.35 bits per heavy atom. The Labute approximate surface area is 122 Å².